The summed E-state index contributed by atoms with van der Waals surface area (Å²) in [5.41, 5.74) is 0.729. The molecular formula is C17H15F3N4O2. The van der Waals surface area contributed by atoms with E-state index in [9.17, 15) is 18.0 Å². The van der Waals surface area contributed by atoms with Gasteiger partial charge in [-0.3, -0.25) is 4.79 Å². The largest absolute Gasteiger partial charge is 0.573 e. The molecule has 3 aromatic rings. The van der Waals surface area contributed by atoms with Gasteiger partial charge in [-0.25, -0.2) is 9.67 Å². The molecule has 136 valence electrons. The van der Waals surface area contributed by atoms with Gasteiger partial charge in [0.25, 0.3) is 5.91 Å². The van der Waals surface area contributed by atoms with E-state index in [4.69, 9.17) is 0 Å². The Bertz CT molecular complexity index is 951. The van der Waals surface area contributed by atoms with Crippen molar-refractivity contribution in [2.75, 3.05) is 5.32 Å². The monoisotopic (exact) mass is 364 g/mol. The van der Waals surface area contributed by atoms with Crippen LogP contribution < -0.4 is 10.1 Å². The highest BCUT2D eigenvalue weighted by Gasteiger charge is 2.32. The summed E-state index contributed by atoms with van der Waals surface area (Å²) < 4.78 is 43.0. The van der Waals surface area contributed by atoms with Gasteiger partial charge in [0.05, 0.1) is 17.4 Å². The Morgan fingerprint density at radius 2 is 1.96 bits per heavy atom. The van der Waals surface area contributed by atoms with Crippen molar-refractivity contribution < 1.29 is 22.7 Å². The number of carbonyl (C=O) groups is 1. The minimum atomic E-state index is -4.85. The van der Waals surface area contributed by atoms with Crippen LogP contribution in [0.2, 0.25) is 0 Å². The number of carbonyl (C=O) groups excluding carboxylic acids is 1. The van der Waals surface area contributed by atoms with Crippen LogP contribution in [0.5, 0.6) is 5.75 Å². The number of fused-ring (bicyclic) bond motifs is 1. The van der Waals surface area contributed by atoms with Gasteiger partial charge in [0.2, 0.25) is 0 Å². The first kappa shape index (κ1) is 17.7. The molecule has 1 aromatic carbocycles. The summed E-state index contributed by atoms with van der Waals surface area (Å²) >= 11 is 0. The van der Waals surface area contributed by atoms with Crippen LogP contribution in [0.4, 0.5) is 18.9 Å². The zero-order chi connectivity index (χ0) is 18.9. The van der Waals surface area contributed by atoms with E-state index in [0.29, 0.717) is 11.0 Å². The first-order valence-electron chi connectivity index (χ1n) is 7.74. The lowest BCUT2D eigenvalue weighted by atomic mass is 10.2. The summed E-state index contributed by atoms with van der Waals surface area (Å²) in [5, 5.41) is 7.28. The molecule has 0 spiro atoms. The predicted octanol–water partition coefficient (Wildman–Crippen LogP) is 4.16. The molecule has 0 fully saturated rings. The van der Waals surface area contributed by atoms with Crippen molar-refractivity contribution in [2.45, 2.75) is 26.3 Å². The van der Waals surface area contributed by atoms with Crippen molar-refractivity contribution in [3.63, 3.8) is 0 Å². The summed E-state index contributed by atoms with van der Waals surface area (Å²) in [7, 11) is 0. The zero-order valence-electron chi connectivity index (χ0n) is 13.9. The number of alkyl halides is 3. The number of hydrogen-bond donors (Lipinski definition) is 1. The number of anilines is 1. The highest BCUT2D eigenvalue weighted by Crippen LogP contribution is 2.30. The van der Waals surface area contributed by atoms with E-state index in [-0.39, 0.29) is 17.3 Å². The second kappa shape index (κ2) is 6.66. The topological polar surface area (TPSA) is 69.0 Å². The van der Waals surface area contributed by atoms with E-state index >= 15 is 0 Å². The Hall–Kier alpha value is -3.10. The number of aromatic nitrogens is 3. The number of ether oxygens (including phenoxy) is 1. The number of benzene rings is 1. The molecule has 0 aliphatic rings. The Kier molecular flexibility index (Phi) is 4.54. The fourth-order valence-corrected chi connectivity index (χ4v) is 2.42. The van der Waals surface area contributed by atoms with Crippen LogP contribution in [0.3, 0.4) is 0 Å². The van der Waals surface area contributed by atoms with Crippen molar-refractivity contribution in [1.82, 2.24) is 14.8 Å². The van der Waals surface area contributed by atoms with E-state index < -0.39 is 18.0 Å². The molecule has 1 N–H and O–H groups in total. The molecule has 2 heterocycles. The molecule has 0 bridgehead atoms. The fourth-order valence-electron chi connectivity index (χ4n) is 2.42. The number of nitrogens with one attached hydrogen (secondary N) is 1. The normalized spacial score (nSPS) is 11.8. The maximum atomic E-state index is 12.5. The molecule has 6 nitrogen and oxygen atoms in total. The van der Waals surface area contributed by atoms with Crippen LogP contribution >= 0.6 is 0 Å². The Labute approximate surface area is 146 Å². The molecule has 2 aromatic heterocycles. The molecule has 1 amide bonds. The maximum absolute atomic E-state index is 12.5. The Morgan fingerprint density at radius 1 is 1.23 bits per heavy atom. The summed E-state index contributed by atoms with van der Waals surface area (Å²) in [5.74, 6) is -1.09. The molecule has 9 heteroatoms. The summed E-state index contributed by atoms with van der Waals surface area (Å²) in [6.45, 7) is 3.90. The van der Waals surface area contributed by atoms with Crippen molar-refractivity contribution in [3.8, 4) is 5.75 Å². The number of nitrogens with zero attached hydrogens (tertiary/aromatic N) is 3. The number of para-hydroxylation sites is 2. The second-order valence-electron chi connectivity index (χ2n) is 5.82. The molecule has 0 aliphatic carbocycles. The number of pyridine rings is 1. The minimum absolute atomic E-state index is 0.0900. The SMILES string of the molecule is CC(C)n1ncc2cc(C(=O)Nc3ccccc3OC(F)(F)F)cnc21. The predicted molar refractivity (Wildman–Crippen MR) is 89.0 cm³/mol. The smallest absolute Gasteiger partial charge is 0.404 e. The minimum Gasteiger partial charge on any atom is -0.404 e. The van der Waals surface area contributed by atoms with Gasteiger partial charge in [-0.2, -0.15) is 5.10 Å². The number of amides is 1. The lowest BCUT2D eigenvalue weighted by Crippen LogP contribution is -2.19. The van der Waals surface area contributed by atoms with Crippen LogP contribution in [0.15, 0.2) is 42.7 Å². The highest BCUT2D eigenvalue weighted by molar-refractivity contribution is 6.06. The van der Waals surface area contributed by atoms with E-state index in [1.807, 2.05) is 13.8 Å². The lowest BCUT2D eigenvalue weighted by molar-refractivity contribution is -0.274. The third-order valence-electron chi connectivity index (χ3n) is 3.55. The second-order valence-corrected chi connectivity index (χ2v) is 5.82. The maximum Gasteiger partial charge on any atom is 0.573 e. The number of halogens is 3. The first-order chi connectivity index (χ1) is 12.2. The third-order valence-corrected chi connectivity index (χ3v) is 3.55. The van der Waals surface area contributed by atoms with Crippen LogP contribution in [-0.4, -0.2) is 27.0 Å². The molecule has 0 saturated heterocycles. The van der Waals surface area contributed by atoms with Crippen molar-refractivity contribution in [3.05, 3.63) is 48.3 Å². The van der Waals surface area contributed by atoms with Crippen LogP contribution in [0.25, 0.3) is 11.0 Å². The standard InChI is InChI=1S/C17H15F3N4O2/c1-10(2)24-15-11(9-22-24)7-12(8-21-15)16(25)23-13-5-3-4-6-14(13)26-17(18,19)20/h3-10H,1-2H3,(H,23,25). The molecule has 0 saturated carbocycles. The molecular weight excluding hydrogens is 349 g/mol. The molecule has 26 heavy (non-hydrogen) atoms. The van der Waals surface area contributed by atoms with Gasteiger partial charge in [-0.05, 0) is 32.0 Å². The van der Waals surface area contributed by atoms with E-state index in [1.54, 1.807) is 16.9 Å². The summed E-state index contributed by atoms with van der Waals surface area (Å²) in [4.78, 5) is 16.6. The Balaban J connectivity index is 1.86. The van der Waals surface area contributed by atoms with E-state index in [0.717, 1.165) is 6.07 Å². The van der Waals surface area contributed by atoms with Gasteiger partial charge in [0.1, 0.15) is 0 Å². The van der Waals surface area contributed by atoms with Gasteiger partial charge in [0, 0.05) is 17.6 Å². The molecule has 0 aliphatic heterocycles. The van der Waals surface area contributed by atoms with Gasteiger partial charge in [-0.15, -0.1) is 13.2 Å². The quantitative estimate of drug-likeness (QED) is 0.755. The first-order valence-corrected chi connectivity index (χ1v) is 7.74. The van der Waals surface area contributed by atoms with Crippen LogP contribution in [0.1, 0.15) is 30.2 Å². The molecule has 0 unspecified atom stereocenters. The van der Waals surface area contributed by atoms with Crippen molar-refractivity contribution in [2.24, 2.45) is 0 Å². The zero-order valence-corrected chi connectivity index (χ0v) is 13.9. The highest BCUT2D eigenvalue weighted by atomic mass is 19.4. The van der Waals surface area contributed by atoms with Gasteiger partial charge in [0.15, 0.2) is 11.4 Å². The average molecular weight is 364 g/mol. The van der Waals surface area contributed by atoms with Crippen molar-refractivity contribution >= 4 is 22.6 Å². The number of rotatable bonds is 4. The van der Waals surface area contributed by atoms with Gasteiger partial charge >= 0.3 is 6.36 Å². The molecule has 0 radical (unpaired) electrons. The lowest BCUT2D eigenvalue weighted by Gasteiger charge is -2.13. The fraction of sp³-hybridized carbons (Fsp3) is 0.235. The van der Waals surface area contributed by atoms with Crippen molar-refractivity contribution in [1.29, 1.82) is 0 Å². The number of hydrogen-bond acceptors (Lipinski definition) is 4. The van der Waals surface area contributed by atoms with Crippen LogP contribution in [0, 0.1) is 0 Å². The molecule has 0 atom stereocenters. The Morgan fingerprint density at radius 3 is 2.65 bits per heavy atom. The summed E-state index contributed by atoms with van der Waals surface area (Å²) in [6, 6.07) is 7.00. The average Bonchev–Trinajstić information content (AvgIpc) is 2.98. The molecule has 3 rings (SSSR count). The summed E-state index contributed by atoms with van der Waals surface area (Å²) in [6.07, 6.45) is -1.92. The van der Waals surface area contributed by atoms with Gasteiger partial charge < -0.3 is 10.1 Å². The van der Waals surface area contributed by atoms with Crippen LogP contribution in [-0.2, 0) is 0 Å². The van der Waals surface area contributed by atoms with E-state index in [1.165, 1.54) is 24.4 Å². The van der Waals surface area contributed by atoms with E-state index in [2.05, 4.69) is 20.1 Å². The van der Waals surface area contributed by atoms with Gasteiger partial charge in [-0.1, -0.05) is 12.1 Å². The third kappa shape index (κ3) is 3.76.